The maximum Gasteiger partial charge on any atom is 0.317 e. The Morgan fingerprint density at radius 3 is 1.35 bits per heavy atom. The standard InChI is InChI=1S/C40H48N6O9S2/c1-27(2)40(55)41-11-5-3-4-6-12-44(19-30-15-28(34-9-7-13-56-34)17-32(42-30)21-45(23-36(47)48)24-37(49)50)20-31-16-29(35-10-8-14-57-35)18-33(43-31)22-46(25-38(51)52)26-39(53)54/h7-10,13-18H,1,3-6,11-12,19-26H2,2H3,(H,41,55)(H,47,48)(H,49,50)(H,51,52)(H,53,54). The van der Waals surface area contributed by atoms with Gasteiger partial charge in [0.15, 0.2) is 0 Å². The van der Waals surface area contributed by atoms with Crippen LogP contribution in [-0.4, -0.2) is 114 Å². The van der Waals surface area contributed by atoms with Crippen molar-refractivity contribution in [3.05, 3.63) is 94.2 Å². The lowest BCUT2D eigenvalue weighted by atomic mass is 10.1. The number of thiophene rings is 2. The van der Waals surface area contributed by atoms with Crippen LogP contribution in [0.2, 0.25) is 0 Å². The molecule has 4 rings (SSSR count). The van der Waals surface area contributed by atoms with Gasteiger partial charge in [-0.25, -0.2) is 0 Å². The highest BCUT2D eigenvalue weighted by molar-refractivity contribution is 7.13. The van der Waals surface area contributed by atoms with E-state index in [-0.39, 0.29) is 19.0 Å². The van der Waals surface area contributed by atoms with Crippen molar-refractivity contribution >= 4 is 52.5 Å². The molecule has 1 amide bonds. The number of rotatable bonds is 26. The number of amides is 1. The monoisotopic (exact) mass is 820 g/mol. The number of carboxylic acid groups (broad SMARTS) is 4. The SMILES string of the molecule is C=C(C)C(=O)NCCCCCCN(Cc1cc(-c2cccs2)cc(CN(CC(=O)O)CC(=O)O)n1)Cc1cc(-c2cccs2)cc(CN(CC(=O)O)CC(=O)O)n1. The molecule has 304 valence electrons. The minimum atomic E-state index is -1.15. The van der Waals surface area contributed by atoms with Gasteiger partial charge in [0.1, 0.15) is 0 Å². The van der Waals surface area contributed by atoms with Gasteiger partial charge in [-0.3, -0.25) is 48.6 Å². The number of nitrogens with zero attached hydrogens (tertiary/aromatic N) is 5. The van der Waals surface area contributed by atoms with Crippen molar-refractivity contribution in [2.75, 3.05) is 39.3 Å². The van der Waals surface area contributed by atoms with E-state index in [4.69, 9.17) is 9.97 Å². The van der Waals surface area contributed by atoms with Gasteiger partial charge in [0, 0.05) is 48.1 Å². The van der Waals surface area contributed by atoms with Gasteiger partial charge in [-0.2, -0.15) is 0 Å². The van der Waals surface area contributed by atoms with E-state index in [9.17, 15) is 44.4 Å². The quantitative estimate of drug-likeness (QED) is 0.0411. The van der Waals surface area contributed by atoms with E-state index in [2.05, 4.69) is 16.8 Å². The van der Waals surface area contributed by atoms with E-state index >= 15 is 0 Å². The minimum absolute atomic E-state index is 0.00366. The number of nitrogens with one attached hydrogen (secondary N) is 1. The summed E-state index contributed by atoms with van der Waals surface area (Å²) in [7, 11) is 0. The Labute approximate surface area is 338 Å². The summed E-state index contributed by atoms with van der Waals surface area (Å²) in [4.78, 5) is 74.8. The number of aliphatic carboxylic acids is 4. The average Bonchev–Trinajstić information content (AvgIpc) is 3.86. The van der Waals surface area contributed by atoms with E-state index in [0.29, 0.717) is 54.5 Å². The number of aromatic nitrogens is 2. The molecule has 0 unspecified atom stereocenters. The number of hydrogen-bond acceptors (Lipinski definition) is 12. The molecule has 0 spiro atoms. The first-order chi connectivity index (χ1) is 27.2. The summed E-state index contributed by atoms with van der Waals surface area (Å²) in [6, 6.07) is 15.4. The summed E-state index contributed by atoms with van der Waals surface area (Å²) in [5, 5.41) is 44.6. The van der Waals surface area contributed by atoms with Crippen molar-refractivity contribution in [2.45, 2.75) is 58.8 Å². The third-order valence-electron chi connectivity index (χ3n) is 8.53. The van der Waals surface area contributed by atoms with Crippen LogP contribution in [0.3, 0.4) is 0 Å². The molecular weight excluding hydrogens is 773 g/mol. The molecule has 0 aliphatic heterocycles. The predicted octanol–water partition coefficient (Wildman–Crippen LogP) is 5.13. The number of carbonyl (C=O) groups is 5. The van der Waals surface area contributed by atoms with E-state index in [0.717, 1.165) is 46.6 Å². The van der Waals surface area contributed by atoms with Crippen LogP contribution in [0.4, 0.5) is 0 Å². The molecule has 17 heteroatoms. The van der Waals surface area contributed by atoms with Crippen LogP contribution in [0.15, 0.2) is 71.4 Å². The van der Waals surface area contributed by atoms with Gasteiger partial charge in [0.05, 0.1) is 49.0 Å². The Morgan fingerprint density at radius 1 is 0.614 bits per heavy atom. The molecule has 0 aliphatic carbocycles. The lowest BCUT2D eigenvalue weighted by Gasteiger charge is -2.24. The Balaban J connectivity index is 1.66. The second-order valence-corrected chi connectivity index (χ2v) is 15.6. The smallest absolute Gasteiger partial charge is 0.317 e. The fourth-order valence-electron chi connectivity index (χ4n) is 6.19. The largest absolute Gasteiger partial charge is 0.480 e. The summed E-state index contributed by atoms with van der Waals surface area (Å²) in [5.41, 5.74) is 4.60. The first-order valence-corrected chi connectivity index (χ1v) is 20.1. The van der Waals surface area contributed by atoms with E-state index in [1.54, 1.807) is 6.92 Å². The van der Waals surface area contributed by atoms with Gasteiger partial charge in [0.25, 0.3) is 0 Å². The van der Waals surface area contributed by atoms with Gasteiger partial charge >= 0.3 is 23.9 Å². The number of hydrogen-bond donors (Lipinski definition) is 5. The van der Waals surface area contributed by atoms with Crippen LogP contribution in [0.1, 0.15) is 55.4 Å². The number of unbranched alkanes of at least 4 members (excludes halogenated alkanes) is 3. The maximum atomic E-state index is 11.9. The van der Waals surface area contributed by atoms with Crippen LogP contribution in [0.25, 0.3) is 20.9 Å². The molecule has 0 bridgehead atoms. The van der Waals surface area contributed by atoms with E-state index < -0.39 is 50.1 Å². The van der Waals surface area contributed by atoms with Crippen molar-refractivity contribution in [2.24, 2.45) is 0 Å². The third-order valence-corrected chi connectivity index (χ3v) is 10.4. The maximum absolute atomic E-state index is 11.9. The van der Waals surface area contributed by atoms with Gasteiger partial charge < -0.3 is 25.7 Å². The van der Waals surface area contributed by atoms with Gasteiger partial charge in [-0.15, -0.1) is 22.7 Å². The highest BCUT2D eigenvalue weighted by atomic mass is 32.1. The summed E-state index contributed by atoms with van der Waals surface area (Å²) in [6.07, 6.45) is 3.36. The number of pyridine rings is 2. The zero-order valence-corrected chi connectivity index (χ0v) is 33.4. The highest BCUT2D eigenvalue weighted by Gasteiger charge is 2.20. The molecule has 0 saturated carbocycles. The summed E-state index contributed by atoms with van der Waals surface area (Å²) in [5.74, 6) is -4.78. The molecule has 4 heterocycles. The molecule has 4 aromatic heterocycles. The fourth-order valence-corrected chi connectivity index (χ4v) is 7.62. The first-order valence-electron chi connectivity index (χ1n) is 18.3. The zero-order valence-electron chi connectivity index (χ0n) is 31.8. The molecule has 0 aromatic carbocycles. The Morgan fingerprint density at radius 2 is 1.00 bits per heavy atom. The molecule has 0 atom stereocenters. The predicted molar refractivity (Wildman–Crippen MR) is 217 cm³/mol. The molecule has 0 radical (unpaired) electrons. The number of carbonyl (C=O) groups excluding carboxylic acids is 1. The second-order valence-electron chi connectivity index (χ2n) is 13.7. The Kier molecular flexibility index (Phi) is 17.5. The normalized spacial score (nSPS) is 11.3. The van der Waals surface area contributed by atoms with E-state index in [1.807, 2.05) is 59.3 Å². The van der Waals surface area contributed by atoms with E-state index in [1.165, 1.54) is 32.5 Å². The Hall–Kier alpha value is -5.33. The molecule has 5 N–H and O–H groups in total. The lowest BCUT2D eigenvalue weighted by Crippen LogP contribution is -2.34. The molecule has 0 aliphatic rings. The van der Waals surface area contributed by atoms with Crippen molar-refractivity contribution in [1.29, 1.82) is 0 Å². The van der Waals surface area contributed by atoms with Crippen molar-refractivity contribution < 1.29 is 44.4 Å². The minimum Gasteiger partial charge on any atom is -0.480 e. The molecule has 4 aromatic rings. The van der Waals surface area contributed by atoms with Crippen molar-refractivity contribution in [3.8, 4) is 20.9 Å². The average molecular weight is 821 g/mol. The topological polar surface area (TPSA) is 214 Å². The van der Waals surface area contributed by atoms with Crippen LogP contribution >= 0.6 is 22.7 Å². The fraction of sp³-hybridized carbons (Fsp3) is 0.375. The Bertz CT molecular complexity index is 1830. The third kappa shape index (κ3) is 16.0. The van der Waals surface area contributed by atoms with Crippen LogP contribution in [-0.2, 0) is 50.2 Å². The second kappa shape index (κ2) is 22.4. The zero-order chi connectivity index (χ0) is 41.3. The summed E-state index contributed by atoms with van der Waals surface area (Å²) < 4.78 is 0. The van der Waals surface area contributed by atoms with Crippen LogP contribution in [0.5, 0.6) is 0 Å². The van der Waals surface area contributed by atoms with Crippen molar-refractivity contribution in [1.82, 2.24) is 30.0 Å². The molecule has 0 saturated heterocycles. The van der Waals surface area contributed by atoms with Gasteiger partial charge in [0.2, 0.25) is 5.91 Å². The number of carboxylic acids is 4. The molecule has 0 fully saturated rings. The first kappa shape index (κ1) is 44.4. The highest BCUT2D eigenvalue weighted by Crippen LogP contribution is 2.29. The molecule has 57 heavy (non-hydrogen) atoms. The van der Waals surface area contributed by atoms with Crippen molar-refractivity contribution in [3.63, 3.8) is 0 Å². The van der Waals surface area contributed by atoms with Crippen LogP contribution in [0, 0.1) is 0 Å². The van der Waals surface area contributed by atoms with Gasteiger partial charge in [-0.1, -0.05) is 31.6 Å². The summed E-state index contributed by atoms with van der Waals surface area (Å²) >= 11 is 3.07. The summed E-state index contributed by atoms with van der Waals surface area (Å²) in [6.45, 7) is 5.36. The molecular formula is C40H48N6O9S2. The lowest BCUT2D eigenvalue weighted by molar-refractivity contribution is -0.144. The van der Waals surface area contributed by atoms with Gasteiger partial charge in [-0.05, 0) is 84.6 Å². The van der Waals surface area contributed by atoms with Crippen LogP contribution < -0.4 is 5.32 Å². The molecule has 15 nitrogen and oxygen atoms in total.